The SMILES string of the molecule is COc1ccc(SC(CN)C(C)C)cc1Cl. The molecule has 4 heteroatoms. The van der Waals surface area contributed by atoms with Crippen molar-refractivity contribution in [2.24, 2.45) is 11.7 Å². The van der Waals surface area contributed by atoms with Crippen LogP contribution in [0.5, 0.6) is 5.75 Å². The second kappa shape index (κ2) is 6.38. The van der Waals surface area contributed by atoms with Gasteiger partial charge in [-0.25, -0.2) is 0 Å². The number of halogens is 1. The molecular weight excluding hydrogens is 242 g/mol. The van der Waals surface area contributed by atoms with Gasteiger partial charge in [0.05, 0.1) is 12.1 Å². The summed E-state index contributed by atoms with van der Waals surface area (Å²) in [5.74, 6) is 1.26. The molecule has 0 bridgehead atoms. The van der Waals surface area contributed by atoms with Crippen molar-refractivity contribution >= 4 is 23.4 Å². The van der Waals surface area contributed by atoms with Crippen LogP contribution in [0.25, 0.3) is 0 Å². The molecule has 0 saturated heterocycles. The molecule has 1 aromatic rings. The third kappa shape index (κ3) is 3.58. The van der Waals surface area contributed by atoms with Crippen LogP contribution in [0.15, 0.2) is 23.1 Å². The summed E-state index contributed by atoms with van der Waals surface area (Å²) in [6.07, 6.45) is 0. The first kappa shape index (κ1) is 13.7. The lowest BCUT2D eigenvalue weighted by molar-refractivity contribution is 0.414. The molecule has 90 valence electrons. The van der Waals surface area contributed by atoms with Crippen LogP contribution in [0.4, 0.5) is 0 Å². The third-order valence-electron chi connectivity index (χ3n) is 2.39. The molecule has 0 aliphatic rings. The lowest BCUT2D eigenvalue weighted by Crippen LogP contribution is -2.22. The Balaban J connectivity index is 2.78. The van der Waals surface area contributed by atoms with Crippen LogP contribution >= 0.6 is 23.4 Å². The van der Waals surface area contributed by atoms with Gasteiger partial charge in [0.25, 0.3) is 0 Å². The number of rotatable bonds is 5. The molecular formula is C12H18ClNOS. The van der Waals surface area contributed by atoms with Gasteiger partial charge in [0.1, 0.15) is 5.75 Å². The van der Waals surface area contributed by atoms with E-state index < -0.39 is 0 Å². The van der Waals surface area contributed by atoms with Gasteiger partial charge in [-0.05, 0) is 24.1 Å². The van der Waals surface area contributed by atoms with Gasteiger partial charge in [-0.2, -0.15) is 0 Å². The number of thioether (sulfide) groups is 1. The van der Waals surface area contributed by atoms with Crippen LogP contribution < -0.4 is 10.5 Å². The lowest BCUT2D eigenvalue weighted by Gasteiger charge is -2.18. The second-order valence-electron chi connectivity index (χ2n) is 3.93. The summed E-state index contributed by atoms with van der Waals surface area (Å²) in [5, 5.41) is 1.07. The molecule has 0 radical (unpaired) electrons. The van der Waals surface area contributed by atoms with Crippen LogP contribution in [-0.4, -0.2) is 18.9 Å². The van der Waals surface area contributed by atoms with E-state index in [-0.39, 0.29) is 0 Å². The zero-order valence-corrected chi connectivity index (χ0v) is 11.4. The molecule has 1 atom stereocenters. The lowest BCUT2D eigenvalue weighted by atomic mass is 10.1. The summed E-state index contributed by atoms with van der Waals surface area (Å²) >= 11 is 7.83. The Morgan fingerprint density at radius 3 is 2.56 bits per heavy atom. The average Bonchev–Trinajstić information content (AvgIpc) is 2.25. The predicted molar refractivity (Wildman–Crippen MR) is 71.5 cm³/mol. The van der Waals surface area contributed by atoms with Gasteiger partial charge >= 0.3 is 0 Å². The zero-order valence-electron chi connectivity index (χ0n) is 9.87. The van der Waals surface area contributed by atoms with E-state index in [0.29, 0.717) is 28.5 Å². The highest BCUT2D eigenvalue weighted by Crippen LogP contribution is 2.33. The van der Waals surface area contributed by atoms with Gasteiger partial charge in [0, 0.05) is 16.7 Å². The number of ether oxygens (including phenoxy) is 1. The van der Waals surface area contributed by atoms with Gasteiger partial charge in [-0.3, -0.25) is 0 Å². The Labute approximate surface area is 107 Å². The molecule has 2 N–H and O–H groups in total. The maximum absolute atomic E-state index is 6.07. The number of methoxy groups -OCH3 is 1. The second-order valence-corrected chi connectivity index (χ2v) is 5.65. The van der Waals surface area contributed by atoms with Crippen LogP contribution in [-0.2, 0) is 0 Å². The Morgan fingerprint density at radius 2 is 2.12 bits per heavy atom. The average molecular weight is 260 g/mol. The van der Waals surface area contributed by atoms with E-state index in [1.807, 2.05) is 18.2 Å². The minimum atomic E-state index is 0.421. The van der Waals surface area contributed by atoms with Gasteiger partial charge in [-0.1, -0.05) is 25.4 Å². The molecule has 0 amide bonds. The first-order valence-electron chi connectivity index (χ1n) is 5.28. The van der Waals surface area contributed by atoms with E-state index in [1.54, 1.807) is 18.9 Å². The van der Waals surface area contributed by atoms with Crippen LogP contribution in [0.3, 0.4) is 0 Å². The topological polar surface area (TPSA) is 35.2 Å². The number of hydrogen-bond acceptors (Lipinski definition) is 3. The summed E-state index contributed by atoms with van der Waals surface area (Å²) in [6.45, 7) is 5.03. The van der Waals surface area contributed by atoms with E-state index in [0.717, 1.165) is 4.90 Å². The standard InChI is InChI=1S/C12H18ClNOS/c1-8(2)12(7-14)16-9-4-5-11(15-3)10(13)6-9/h4-6,8,12H,7,14H2,1-3H3. The molecule has 0 aromatic heterocycles. The third-order valence-corrected chi connectivity index (χ3v) is 4.25. The molecule has 0 saturated carbocycles. The largest absolute Gasteiger partial charge is 0.495 e. The van der Waals surface area contributed by atoms with E-state index in [2.05, 4.69) is 13.8 Å². The molecule has 0 fully saturated rings. The van der Waals surface area contributed by atoms with Crippen molar-refractivity contribution in [3.05, 3.63) is 23.2 Å². The van der Waals surface area contributed by atoms with E-state index in [1.165, 1.54) is 0 Å². The summed E-state index contributed by atoms with van der Waals surface area (Å²) in [5.41, 5.74) is 5.74. The summed E-state index contributed by atoms with van der Waals surface area (Å²) in [7, 11) is 1.62. The Hall–Kier alpha value is -0.380. The van der Waals surface area contributed by atoms with Gasteiger partial charge in [-0.15, -0.1) is 11.8 Å². The van der Waals surface area contributed by atoms with E-state index in [4.69, 9.17) is 22.1 Å². The molecule has 2 nitrogen and oxygen atoms in total. The molecule has 0 spiro atoms. The Bertz CT molecular complexity index is 344. The fourth-order valence-corrected chi connectivity index (χ4v) is 2.72. The van der Waals surface area contributed by atoms with Crippen LogP contribution in [0.1, 0.15) is 13.8 Å². The van der Waals surface area contributed by atoms with Crippen molar-refractivity contribution in [1.29, 1.82) is 0 Å². The predicted octanol–water partition coefficient (Wildman–Crippen LogP) is 3.42. The minimum Gasteiger partial charge on any atom is -0.495 e. The molecule has 16 heavy (non-hydrogen) atoms. The molecule has 0 heterocycles. The highest BCUT2D eigenvalue weighted by atomic mass is 35.5. The number of benzene rings is 1. The molecule has 1 unspecified atom stereocenters. The minimum absolute atomic E-state index is 0.421. The van der Waals surface area contributed by atoms with Crippen LogP contribution in [0, 0.1) is 5.92 Å². The zero-order chi connectivity index (χ0) is 12.1. The summed E-state index contributed by atoms with van der Waals surface area (Å²) in [4.78, 5) is 1.13. The van der Waals surface area contributed by atoms with Crippen molar-refractivity contribution in [2.45, 2.75) is 24.0 Å². The van der Waals surface area contributed by atoms with Crippen molar-refractivity contribution in [3.63, 3.8) is 0 Å². The van der Waals surface area contributed by atoms with E-state index >= 15 is 0 Å². The summed E-state index contributed by atoms with van der Waals surface area (Å²) in [6, 6.07) is 5.83. The first-order valence-corrected chi connectivity index (χ1v) is 6.54. The smallest absolute Gasteiger partial charge is 0.137 e. The van der Waals surface area contributed by atoms with E-state index in [9.17, 15) is 0 Å². The monoisotopic (exact) mass is 259 g/mol. The number of hydrogen-bond donors (Lipinski definition) is 1. The van der Waals surface area contributed by atoms with Gasteiger partial charge in [0.15, 0.2) is 0 Å². The Morgan fingerprint density at radius 1 is 1.44 bits per heavy atom. The Kier molecular flexibility index (Phi) is 5.46. The molecule has 1 rings (SSSR count). The van der Waals surface area contributed by atoms with Crippen molar-refractivity contribution in [1.82, 2.24) is 0 Å². The van der Waals surface area contributed by atoms with Crippen molar-refractivity contribution in [2.75, 3.05) is 13.7 Å². The maximum atomic E-state index is 6.07. The molecule has 0 aliphatic carbocycles. The van der Waals surface area contributed by atoms with Crippen molar-refractivity contribution < 1.29 is 4.74 Å². The van der Waals surface area contributed by atoms with Gasteiger partial charge < -0.3 is 10.5 Å². The summed E-state index contributed by atoms with van der Waals surface area (Å²) < 4.78 is 5.11. The first-order chi connectivity index (χ1) is 7.58. The normalized spacial score (nSPS) is 12.9. The highest BCUT2D eigenvalue weighted by molar-refractivity contribution is 8.00. The highest BCUT2D eigenvalue weighted by Gasteiger charge is 2.13. The van der Waals surface area contributed by atoms with Crippen LogP contribution in [0.2, 0.25) is 5.02 Å². The van der Waals surface area contributed by atoms with Crippen molar-refractivity contribution in [3.8, 4) is 5.75 Å². The molecule has 1 aromatic carbocycles. The quantitative estimate of drug-likeness (QED) is 0.823. The fraction of sp³-hybridized carbons (Fsp3) is 0.500. The number of nitrogens with two attached hydrogens (primary N) is 1. The fourth-order valence-electron chi connectivity index (χ4n) is 1.35. The van der Waals surface area contributed by atoms with Gasteiger partial charge in [0.2, 0.25) is 0 Å². The maximum Gasteiger partial charge on any atom is 0.137 e. The molecule has 0 aliphatic heterocycles.